The molecule has 1 N–H and O–H groups in total. The molecule has 0 aromatic heterocycles. The van der Waals surface area contributed by atoms with Crippen molar-refractivity contribution in [2.75, 3.05) is 47.3 Å². The lowest BCUT2D eigenvalue weighted by Gasteiger charge is -2.01. The number of rotatable bonds is 8. The fourth-order valence-corrected chi connectivity index (χ4v) is 0.649. The molecule has 0 saturated carbocycles. The summed E-state index contributed by atoms with van der Waals surface area (Å²) < 4.78 is 19.0. The zero-order valence-electron chi connectivity index (χ0n) is 11.1. The summed E-state index contributed by atoms with van der Waals surface area (Å²) >= 11 is 0. The number of esters is 1. The third kappa shape index (κ3) is 17.9. The van der Waals surface area contributed by atoms with E-state index in [-0.39, 0.29) is 0 Å². The number of carbonyl (C=O) groups excluding carboxylic acids is 1. The van der Waals surface area contributed by atoms with Gasteiger partial charge in [0, 0.05) is 14.2 Å². The molecule has 0 aliphatic carbocycles. The lowest BCUT2D eigenvalue weighted by atomic mass is 10.4. The minimum absolute atomic E-state index is 0.323. The first-order valence-corrected chi connectivity index (χ1v) is 5.50. The smallest absolute Gasteiger partial charge is 0.334 e. The van der Waals surface area contributed by atoms with Gasteiger partial charge in [-0.15, -0.1) is 0 Å². The van der Waals surface area contributed by atoms with Crippen LogP contribution in [0.1, 0.15) is 13.8 Å². The van der Waals surface area contributed by atoms with Gasteiger partial charge in [0.15, 0.2) is 0 Å². The van der Waals surface area contributed by atoms with E-state index in [2.05, 4.69) is 4.74 Å². The van der Waals surface area contributed by atoms with Crippen molar-refractivity contribution in [3.05, 3.63) is 0 Å². The van der Waals surface area contributed by atoms with E-state index in [9.17, 15) is 4.79 Å². The second kappa shape index (κ2) is 15.3. The maximum atomic E-state index is 10.3. The van der Waals surface area contributed by atoms with E-state index in [1.165, 1.54) is 6.92 Å². The lowest BCUT2D eigenvalue weighted by molar-refractivity contribution is -0.151. The quantitative estimate of drug-likeness (QED) is 0.492. The van der Waals surface area contributed by atoms with Gasteiger partial charge in [-0.25, -0.2) is 4.79 Å². The molecule has 104 valence electrons. The number of aliphatic hydroxyl groups excluding tert-OH is 1. The Balaban J connectivity index is 0. The van der Waals surface area contributed by atoms with Crippen LogP contribution in [-0.4, -0.2) is 64.4 Å². The van der Waals surface area contributed by atoms with Crippen LogP contribution in [0.15, 0.2) is 0 Å². The highest BCUT2D eigenvalue weighted by molar-refractivity contribution is 5.73. The monoisotopic (exact) mass is 252 g/mol. The second-order valence-electron chi connectivity index (χ2n) is 3.03. The molecule has 6 nitrogen and oxygen atoms in total. The van der Waals surface area contributed by atoms with Gasteiger partial charge in [0.25, 0.3) is 0 Å². The Morgan fingerprint density at radius 3 is 1.82 bits per heavy atom. The number of hydrogen-bond donors (Lipinski definition) is 1. The average molecular weight is 252 g/mol. The van der Waals surface area contributed by atoms with Crippen molar-refractivity contribution >= 4 is 5.97 Å². The molecule has 0 aliphatic heterocycles. The molecule has 0 radical (unpaired) electrons. The van der Waals surface area contributed by atoms with Crippen molar-refractivity contribution in [3.63, 3.8) is 0 Å². The van der Waals surface area contributed by atoms with Gasteiger partial charge in [-0.05, 0) is 13.8 Å². The van der Waals surface area contributed by atoms with Gasteiger partial charge < -0.3 is 24.1 Å². The minimum atomic E-state index is -0.991. The first-order chi connectivity index (χ1) is 8.09. The third-order valence-electron chi connectivity index (χ3n) is 1.49. The van der Waals surface area contributed by atoms with E-state index in [0.29, 0.717) is 33.0 Å². The number of hydrogen-bond acceptors (Lipinski definition) is 6. The van der Waals surface area contributed by atoms with Gasteiger partial charge in [-0.2, -0.15) is 0 Å². The van der Waals surface area contributed by atoms with E-state index >= 15 is 0 Å². The molecule has 0 heterocycles. The zero-order chi connectivity index (χ0) is 13.5. The van der Waals surface area contributed by atoms with E-state index in [1.807, 2.05) is 0 Å². The van der Waals surface area contributed by atoms with Gasteiger partial charge in [0.2, 0.25) is 0 Å². The van der Waals surface area contributed by atoms with E-state index in [4.69, 9.17) is 19.3 Å². The molecule has 0 bridgehead atoms. The molecule has 1 atom stereocenters. The highest BCUT2D eigenvalue weighted by atomic mass is 16.5. The summed E-state index contributed by atoms with van der Waals surface area (Å²) in [4.78, 5) is 10.3. The number of carbonyl (C=O) groups is 1. The Morgan fingerprint density at radius 2 is 1.59 bits per heavy atom. The summed E-state index contributed by atoms with van der Waals surface area (Å²) in [7, 11) is 3.30. The SMILES string of the molecule is CCOC(=O)C(C)O.COCCOCCOC. The second-order valence-corrected chi connectivity index (χ2v) is 3.03. The van der Waals surface area contributed by atoms with Crippen molar-refractivity contribution in [1.82, 2.24) is 0 Å². The lowest BCUT2D eigenvalue weighted by Crippen LogP contribution is -2.18. The fraction of sp³-hybridized carbons (Fsp3) is 0.909. The molecule has 0 aliphatic rings. The summed E-state index contributed by atoms with van der Waals surface area (Å²) in [5, 5.41) is 8.48. The molecule has 0 aromatic carbocycles. The first-order valence-electron chi connectivity index (χ1n) is 5.50. The number of methoxy groups -OCH3 is 2. The summed E-state index contributed by atoms with van der Waals surface area (Å²) in [5.41, 5.74) is 0. The largest absolute Gasteiger partial charge is 0.464 e. The maximum absolute atomic E-state index is 10.3. The van der Waals surface area contributed by atoms with Crippen molar-refractivity contribution in [2.24, 2.45) is 0 Å². The van der Waals surface area contributed by atoms with Crippen LogP contribution in [0.4, 0.5) is 0 Å². The minimum Gasteiger partial charge on any atom is -0.464 e. The van der Waals surface area contributed by atoms with E-state index in [1.54, 1.807) is 21.1 Å². The molecule has 0 spiro atoms. The van der Waals surface area contributed by atoms with Crippen molar-refractivity contribution in [2.45, 2.75) is 20.0 Å². The Bertz CT molecular complexity index is 154. The van der Waals surface area contributed by atoms with Gasteiger partial charge in [-0.3, -0.25) is 0 Å². The van der Waals surface area contributed by atoms with Crippen LogP contribution >= 0.6 is 0 Å². The molecular formula is C11H24O6. The summed E-state index contributed by atoms with van der Waals surface area (Å²) in [6, 6.07) is 0. The molecule has 0 amide bonds. The van der Waals surface area contributed by atoms with Crippen molar-refractivity contribution in [3.8, 4) is 0 Å². The van der Waals surface area contributed by atoms with Crippen LogP contribution in [0, 0.1) is 0 Å². The number of ether oxygens (including phenoxy) is 4. The molecule has 0 rings (SSSR count). The highest BCUT2D eigenvalue weighted by Gasteiger charge is 2.07. The predicted molar refractivity (Wildman–Crippen MR) is 62.9 cm³/mol. The predicted octanol–water partition coefficient (Wildman–Crippen LogP) is 0.226. The first kappa shape index (κ1) is 18.7. The van der Waals surface area contributed by atoms with Crippen LogP contribution in [0.2, 0.25) is 0 Å². The topological polar surface area (TPSA) is 74.2 Å². The average Bonchev–Trinajstić information content (AvgIpc) is 2.30. The van der Waals surface area contributed by atoms with Gasteiger partial charge >= 0.3 is 5.97 Å². The third-order valence-corrected chi connectivity index (χ3v) is 1.49. The fourth-order valence-electron chi connectivity index (χ4n) is 0.649. The summed E-state index contributed by atoms with van der Waals surface area (Å²) in [6.07, 6.45) is -0.991. The normalized spacial score (nSPS) is 11.4. The number of aliphatic hydroxyl groups is 1. The Kier molecular flexibility index (Phi) is 16.8. The molecule has 6 heteroatoms. The highest BCUT2D eigenvalue weighted by Crippen LogP contribution is 1.84. The Hall–Kier alpha value is -0.690. The van der Waals surface area contributed by atoms with Gasteiger partial charge in [-0.1, -0.05) is 0 Å². The van der Waals surface area contributed by atoms with Crippen molar-refractivity contribution in [1.29, 1.82) is 0 Å². The summed E-state index contributed by atoms with van der Waals surface area (Å²) in [5.74, 6) is -0.562. The van der Waals surface area contributed by atoms with Crippen LogP contribution in [0.5, 0.6) is 0 Å². The molecule has 1 unspecified atom stereocenters. The zero-order valence-corrected chi connectivity index (χ0v) is 11.1. The van der Waals surface area contributed by atoms with Crippen LogP contribution in [0.25, 0.3) is 0 Å². The Morgan fingerprint density at radius 1 is 1.12 bits per heavy atom. The molecule has 0 aromatic rings. The van der Waals surface area contributed by atoms with Gasteiger partial charge in [0.1, 0.15) is 6.10 Å². The maximum Gasteiger partial charge on any atom is 0.334 e. The van der Waals surface area contributed by atoms with Crippen molar-refractivity contribution < 1.29 is 28.8 Å². The van der Waals surface area contributed by atoms with Crippen LogP contribution in [0.3, 0.4) is 0 Å². The standard InChI is InChI=1S/C6H14O3.C5H10O3/c1-7-3-5-9-6-4-8-2;1-3-8-5(7)4(2)6/h3-6H2,1-2H3;4,6H,3H2,1-2H3. The molecule has 17 heavy (non-hydrogen) atoms. The Labute approximate surface area is 103 Å². The van der Waals surface area contributed by atoms with Crippen LogP contribution < -0.4 is 0 Å². The molecule has 0 saturated heterocycles. The van der Waals surface area contributed by atoms with E-state index < -0.39 is 12.1 Å². The molecule has 0 fully saturated rings. The van der Waals surface area contributed by atoms with E-state index in [0.717, 1.165) is 0 Å². The summed E-state index contributed by atoms with van der Waals surface area (Å²) in [6.45, 7) is 6.01. The van der Waals surface area contributed by atoms with Crippen LogP contribution in [-0.2, 0) is 23.7 Å². The van der Waals surface area contributed by atoms with Gasteiger partial charge in [0.05, 0.1) is 33.0 Å². The molecular weight excluding hydrogens is 228 g/mol.